The van der Waals surface area contributed by atoms with Crippen molar-refractivity contribution in [1.82, 2.24) is 5.48 Å². The van der Waals surface area contributed by atoms with Gasteiger partial charge >= 0.3 is 0 Å². The fourth-order valence-electron chi connectivity index (χ4n) is 1.21. The van der Waals surface area contributed by atoms with Crippen molar-refractivity contribution in [1.29, 1.82) is 0 Å². The molecule has 0 aliphatic heterocycles. The van der Waals surface area contributed by atoms with E-state index in [9.17, 15) is 4.39 Å². The molecule has 0 amide bonds. The molecule has 0 radical (unpaired) electrons. The molecule has 0 saturated heterocycles. The minimum absolute atomic E-state index is 0.584. The van der Waals surface area contributed by atoms with Crippen LogP contribution in [-0.4, -0.2) is 7.11 Å². The van der Waals surface area contributed by atoms with Gasteiger partial charge in [0.15, 0.2) is 0 Å². The molecule has 0 atom stereocenters. The topological polar surface area (TPSA) is 21.3 Å². The lowest BCUT2D eigenvalue weighted by Crippen LogP contribution is -2.13. The summed E-state index contributed by atoms with van der Waals surface area (Å²) >= 11 is 0. The van der Waals surface area contributed by atoms with Crippen LogP contribution >= 0.6 is 0 Å². The van der Waals surface area contributed by atoms with Gasteiger partial charge in [-0.2, -0.15) is 5.48 Å². The summed E-state index contributed by atoms with van der Waals surface area (Å²) < 4.78 is 13.6. The van der Waals surface area contributed by atoms with Gasteiger partial charge in [-0.25, -0.2) is 4.39 Å². The van der Waals surface area contributed by atoms with Crippen LogP contribution in [0.2, 0.25) is 0 Å². The summed E-state index contributed by atoms with van der Waals surface area (Å²) in [6, 6.07) is 7.41. The van der Waals surface area contributed by atoms with Crippen LogP contribution in [0.25, 0.3) is 0 Å². The van der Waals surface area contributed by atoms with E-state index >= 15 is 0 Å². The zero-order chi connectivity index (χ0) is 10.6. The Morgan fingerprint density at radius 1 is 1.43 bits per heavy atom. The van der Waals surface area contributed by atoms with Gasteiger partial charge in [-0.15, -0.1) is 0 Å². The minimum Gasteiger partial charge on any atom is -0.305 e. The first-order valence-electron chi connectivity index (χ1n) is 4.58. The molecular weight excluding hydrogens is 181 g/mol. The molecule has 0 fully saturated rings. The van der Waals surface area contributed by atoms with E-state index in [2.05, 4.69) is 5.48 Å². The second-order valence-electron chi connectivity index (χ2n) is 3.70. The van der Waals surface area contributed by atoms with Crippen molar-refractivity contribution in [2.75, 3.05) is 7.11 Å². The summed E-state index contributed by atoms with van der Waals surface area (Å²) in [4.78, 5) is 4.73. The van der Waals surface area contributed by atoms with Crippen LogP contribution in [0.4, 0.5) is 4.39 Å². The van der Waals surface area contributed by atoms with E-state index in [0.29, 0.717) is 12.1 Å². The Morgan fingerprint density at radius 3 is 2.71 bits per heavy atom. The molecule has 0 bridgehead atoms. The molecule has 1 aromatic carbocycles. The standard InChI is InChI=1S/C11H16FNO/c1-11(2,12)10-6-4-5-9(7-10)8-13-14-3/h4-7,13H,8H2,1-3H3. The third kappa shape index (κ3) is 3.09. The first kappa shape index (κ1) is 11.1. The lowest BCUT2D eigenvalue weighted by atomic mass is 9.98. The quantitative estimate of drug-likeness (QED) is 0.749. The molecule has 2 nitrogen and oxygen atoms in total. The Balaban J connectivity index is 2.79. The second-order valence-corrected chi connectivity index (χ2v) is 3.70. The van der Waals surface area contributed by atoms with Gasteiger partial charge in [0.2, 0.25) is 0 Å². The van der Waals surface area contributed by atoms with E-state index in [1.54, 1.807) is 27.0 Å². The predicted molar refractivity (Wildman–Crippen MR) is 54.4 cm³/mol. The zero-order valence-corrected chi connectivity index (χ0v) is 8.80. The van der Waals surface area contributed by atoms with Crippen molar-refractivity contribution in [3.8, 4) is 0 Å². The summed E-state index contributed by atoms with van der Waals surface area (Å²) in [5.74, 6) is 0. The highest BCUT2D eigenvalue weighted by Crippen LogP contribution is 2.24. The first-order valence-corrected chi connectivity index (χ1v) is 4.58. The number of hydroxylamine groups is 1. The Labute approximate surface area is 84.0 Å². The Hall–Kier alpha value is -0.930. The number of benzene rings is 1. The average Bonchev–Trinajstić information content (AvgIpc) is 2.14. The maximum absolute atomic E-state index is 13.6. The molecule has 14 heavy (non-hydrogen) atoms. The van der Waals surface area contributed by atoms with Crippen LogP contribution < -0.4 is 5.48 Å². The summed E-state index contributed by atoms with van der Waals surface area (Å²) in [5, 5.41) is 0. The molecule has 0 spiro atoms. The summed E-state index contributed by atoms with van der Waals surface area (Å²) in [6.45, 7) is 3.69. The van der Waals surface area contributed by atoms with E-state index in [1.165, 1.54) is 0 Å². The normalized spacial score (nSPS) is 11.7. The maximum Gasteiger partial charge on any atom is 0.130 e. The summed E-state index contributed by atoms with van der Waals surface area (Å²) in [6.07, 6.45) is 0. The molecule has 0 aliphatic carbocycles. The summed E-state index contributed by atoms with van der Waals surface area (Å²) in [5.41, 5.74) is 3.13. The third-order valence-corrected chi connectivity index (χ3v) is 2.03. The van der Waals surface area contributed by atoms with Crippen molar-refractivity contribution in [3.05, 3.63) is 35.4 Å². The Bertz CT molecular complexity index is 294. The molecule has 0 unspecified atom stereocenters. The highest BCUT2D eigenvalue weighted by molar-refractivity contribution is 5.27. The van der Waals surface area contributed by atoms with Gasteiger partial charge in [0.1, 0.15) is 5.67 Å². The lowest BCUT2D eigenvalue weighted by Gasteiger charge is -2.15. The van der Waals surface area contributed by atoms with Gasteiger partial charge < -0.3 is 4.84 Å². The first-order chi connectivity index (χ1) is 6.54. The number of hydrogen-bond donors (Lipinski definition) is 1. The third-order valence-electron chi connectivity index (χ3n) is 2.03. The van der Waals surface area contributed by atoms with Gasteiger partial charge in [-0.1, -0.05) is 24.3 Å². The van der Waals surface area contributed by atoms with Crippen LogP contribution in [0.3, 0.4) is 0 Å². The second kappa shape index (κ2) is 4.53. The van der Waals surface area contributed by atoms with Crippen molar-refractivity contribution in [2.24, 2.45) is 0 Å². The highest BCUT2D eigenvalue weighted by Gasteiger charge is 2.18. The number of halogens is 1. The lowest BCUT2D eigenvalue weighted by molar-refractivity contribution is 0.0866. The van der Waals surface area contributed by atoms with Crippen molar-refractivity contribution >= 4 is 0 Å². The van der Waals surface area contributed by atoms with E-state index in [4.69, 9.17) is 4.84 Å². The van der Waals surface area contributed by atoms with Gasteiger partial charge in [-0.05, 0) is 25.0 Å². The van der Waals surface area contributed by atoms with Crippen LogP contribution in [0.15, 0.2) is 24.3 Å². The van der Waals surface area contributed by atoms with Gasteiger partial charge in [-0.3, -0.25) is 0 Å². The largest absolute Gasteiger partial charge is 0.305 e. The summed E-state index contributed by atoms with van der Waals surface area (Å²) in [7, 11) is 1.56. The molecule has 0 aromatic heterocycles. The molecule has 0 aliphatic rings. The average molecular weight is 197 g/mol. The molecular formula is C11H16FNO. The molecule has 0 heterocycles. The fourth-order valence-corrected chi connectivity index (χ4v) is 1.21. The van der Waals surface area contributed by atoms with Crippen molar-refractivity contribution < 1.29 is 9.23 Å². The SMILES string of the molecule is CONCc1cccc(C(C)(C)F)c1. The fraction of sp³-hybridized carbons (Fsp3) is 0.455. The van der Waals surface area contributed by atoms with Crippen LogP contribution in [0.1, 0.15) is 25.0 Å². The van der Waals surface area contributed by atoms with E-state index < -0.39 is 5.67 Å². The molecule has 78 valence electrons. The van der Waals surface area contributed by atoms with E-state index in [-0.39, 0.29) is 0 Å². The smallest absolute Gasteiger partial charge is 0.130 e. The van der Waals surface area contributed by atoms with Crippen LogP contribution in [-0.2, 0) is 17.1 Å². The van der Waals surface area contributed by atoms with Gasteiger partial charge in [0.25, 0.3) is 0 Å². The van der Waals surface area contributed by atoms with Gasteiger partial charge in [0, 0.05) is 6.54 Å². The number of nitrogens with one attached hydrogen (secondary N) is 1. The molecule has 1 N–H and O–H groups in total. The number of hydrogen-bond acceptors (Lipinski definition) is 2. The zero-order valence-electron chi connectivity index (χ0n) is 8.80. The Morgan fingerprint density at radius 2 is 2.14 bits per heavy atom. The molecule has 1 rings (SSSR count). The number of rotatable bonds is 4. The Kier molecular flexibility index (Phi) is 3.61. The van der Waals surface area contributed by atoms with Gasteiger partial charge in [0.05, 0.1) is 7.11 Å². The predicted octanol–water partition coefficient (Wildman–Crippen LogP) is 2.54. The van der Waals surface area contributed by atoms with E-state index in [0.717, 1.165) is 5.56 Å². The van der Waals surface area contributed by atoms with Crippen LogP contribution in [0, 0.1) is 0 Å². The number of alkyl halides is 1. The van der Waals surface area contributed by atoms with Crippen molar-refractivity contribution in [2.45, 2.75) is 26.1 Å². The molecule has 3 heteroatoms. The van der Waals surface area contributed by atoms with E-state index in [1.807, 2.05) is 18.2 Å². The van der Waals surface area contributed by atoms with Crippen molar-refractivity contribution in [3.63, 3.8) is 0 Å². The monoisotopic (exact) mass is 197 g/mol. The molecule has 1 aromatic rings. The molecule has 0 saturated carbocycles. The minimum atomic E-state index is -1.29. The maximum atomic E-state index is 13.6. The highest BCUT2D eigenvalue weighted by atomic mass is 19.1. The van der Waals surface area contributed by atoms with Crippen LogP contribution in [0.5, 0.6) is 0 Å².